The molecular weight excluding hydrogens is 398 g/mol. The number of halogens is 1. The molecule has 4 rings (SSSR count). The van der Waals surface area contributed by atoms with Crippen molar-refractivity contribution < 1.29 is 0 Å². The van der Waals surface area contributed by atoms with Crippen molar-refractivity contribution in [3.63, 3.8) is 0 Å². The highest BCUT2D eigenvalue weighted by atomic mass is 79.9. The fraction of sp³-hybridized carbons (Fsp3) is 0.391. The molecule has 3 aromatic rings. The van der Waals surface area contributed by atoms with Gasteiger partial charge in [-0.1, -0.05) is 52.3 Å². The Labute approximate surface area is 170 Å². The summed E-state index contributed by atoms with van der Waals surface area (Å²) in [5.74, 6) is 0. The van der Waals surface area contributed by atoms with Gasteiger partial charge in [-0.05, 0) is 55.1 Å². The van der Waals surface area contributed by atoms with Gasteiger partial charge in [0.05, 0.1) is 0 Å². The first-order chi connectivity index (χ1) is 13.2. The fourth-order valence-corrected chi connectivity index (χ4v) is 4.56. The minimum atomic E-state index is 0.648. The van der Waals surface area contributed by atoms with Gasteiger partial charge in [0.15, 0.2) is 0 Å². The lowest BCUT2D eigenvalue weighted by molar-refractivity contribution is 0.190. The van der Waals surface area contributed by atoms with Gasteiger partial charge in [-0.2, -0.15) is 0 Å². The summed E-state index contributed by atoms with van der Waals surface area (Å²) in [5.41, 5.74) is 4.13. The van der Waals surface area contributed by atoms with Gasteiger partial charge in [0.1, 0.15) is 0 Å². The highest BCUT2D eigenvalue weighted by molar-refractivity contribution is 9.10. The molecule has 1 N–H and O–H groups in total. The second-order valence-corrected chi connectivity index (χ2v) is 8.45. The van der Waals surface area contributed by atoms with Gasteiger partial charge < -0.3 is 9.88 Å². The number of likely N-dealkylation sites (tertiary alicyclic amines) is 1. The lowest BCUT2D eigenvalue weighted by Gasteiger charge is -2.32. The minimum Gasteiger partial charge on any atom is -0.348 e. The van der Waals surface area contributed by atoms with E-state index in [1.165, 1.54) is 52.6 Å². The Bertz CT molecular complexity index is 894. The van der Waals surface area contributed by atoms with Crippen LogP contribution in [0.25, 0.3) is 10.9 Å². The maximum Gasteiger partial charge on any atom is 0.0479 e. The monoisotopic (exact) mass is 425 g/mol. The molecule has 1 aliphatic rings. The molecule has 142 valence electrons. The molecule has 1 fully saturated rings. The number of hydrogen-bond acceptors (Lipinski definition) is 2. The Morgan fingerprint density at radius 2 is 1.78 bits per heavy atom. The van der Waals surface area contributed by atoms with Crippen LogP contribution in [-0.4, -0.2) is 35.1 Å². The van der Waals surface area contributed by atoms with Crippen molar-refractivity contribution in [1.29, 1.82) is 0 Å². The SMILES string of the molecule is Cn1c(CCNC2CCN(Cc3ccccc3Br)CC2)cc2ccccc21. The third-order valence-electron chi connectivity index (χ3n) is 5.80. The summed E-state index contributed by atoms with van der Waals surface area (Å²) in [4.78, 5) is 2.57. The van der Waals surface area contributed by atoms with E-state index in [0.717, 1.165) is 19.5 Å². The molecule has 0 spiro atoms. The molecule has 0 saturated carbocycles. The Hall–Kier alpha value is -1.62. The van der Waals surface area contributed by atoms with Crippen LogP contribution in [0.15, 0.2) is 59.1 Å². The Balaban J connectivity index is 1.24. The Morgan fingerprint density at radius 1 is 1.04 bits per heavy atom. The first-order valence-corrected chi connectivity index (χ1v) is 10.7. The lowest BCUT2D eigenvalue weighted by atomic mass is 10.0. The second-order valence-electron chi connectivity index (χ2n) is 7.60. The quantitative estimate of drug-likeness (QED) is 0.615. The molecule has 2 heterocycles. The van der Waals surface area contributed by atoms with Gasteiger partial charge in [0, 0.05) is 48.3 Å². The first-order valence-electron chi connectivity index (χ1n) is 9.93. The van der Waals surface area contributed by atoms with Crippen molar-refractivity contribution in [2.75, 3.05) is 19.6 Å². The highest BCUT2D eigenvalue weighted by Gasteiger charge is 2.19. The molecule has 1 aliphatic heterocycles. The number of aryl methyl sites for hydroxylation is 1. The number of piperidine rings is 1. The van der Waals surface area contributed by atoms with Gasteiger partial charge in [0.2, 0.25) is 0 Å². The zero-order chi connectivity index (χ0) is 18.6. The van der Waals surface area contributed by atoms with Crippen LogP contribution in [0.3, 0.4) is 0 Å². The van der Waals surface area contributed by atoms with Gasteiger partial charge in [-0.25, -0.2) is 0 Å². The van der Waals surface area contributed by atoms with Crippen LogP contribution in [-0.2, 0) is 20.0 Å². The lowest BCUT2D eigenvalue weighted by Crippen LogP contribution is -2.42. The average Bonchev–Trinajstić information content (AvgIpc) is 3.01. The van der Waals surface area contributed by atoms with E-state index in [0.29, 0.717) is 6.04 Å². The smallest absolute Gasteiger partial charge is 0.0479 e. The maximum atomic E-state index is 3.79. The van der Waals surface area contributed by atoms with Crippen LogP contribution in [0.1, 0.15) is 24.1 Å². The highest BCUT2D eigenvalue weighted by Crippen LogP contribution is 2.21. The molecule has 27 heavy (non-hydrogen) atoms. The molecule has 0 amide bonds. The van der Waals surface area contributed by atoms with Gasteiger partial charge in [-0.15, -0.1) is 0 Å². The topological polar surface area (TPSA) is 20.2 Å². The summed E-state index contributed by atoms with van der Waals surface area (Å²) in [6.07, 6.45) is 3.56. The normalized spacial score (nSPS) is 16.2. The number of benzene rings is 2. The zero-order valence-electron chi connectivity index (χ0n) is 16.0. The van der Waals surface area contributed by atoms with Crippen molar-refractivity contribution in [2.24, 2.45) is 7.05 Å². The van der Waals surface area contributed by atoms with Crippen LogP contribution < -0.4 is 5.32 Å². The molecular formula is C23H28BrN3. The molecule has 3 nitrogen and oxygen atoms in total. The predicted molar refractivity (Wildman–Crippen MR) is 117 cm³/mol. The fourth-order valence-electron chi connectivity index (χ4n) is 4.15. The van der Waals surface area contributed by atoms with Crippen molar-refractivity contribution >= 4 is 26.8 Å². The van der Waals surface area contributed by atoms with E-state index in [1.54, 1.807) is 0 Å². The molecule has 0 bridgehead atoms. The summed E-state index contributed by atoms with van der Waals surface area (Å²) in [6.45, 7) is 4.45. The number of aromatic nitrogens is 1. The van der Waals surface area contributed by atoms with Crippen LogP contribution >= 0.6 is 15.9 Å². The summed E-state index contributed by atoms with van der Waals surface area (Å²) in [5, 5.41) is 5.13. The maximum absolute atomic E-state index is 3.79. The van der Waals surface area contributed by atoms with Crippen molar-refractivity contribution in [3.05, 3.63) is 70.3 Å². The van der Waals surface area contributed by atoms with Crippen LogP contribution in [0.5, 0.6) is 0 Å². The van der Waals surface area contributed by atoms with E-state index < -0.39 is 0 Å². The molecule has 0 aliphatic carbocycles. The first kappa shape index (κ1) is 18.7. The van der Waals surface area contributed by atoms with Gasteiger partial charge in [-0.3, -0.25) is 4.90 Å². The van der Waals surface area contributed by atoms with Crippen LogP contribution in [0.4, 0.5) is 0 Å². The largest absolute Gasteiger partial charge is 0.348 e. The Kier molecular flexibility index (Phi) is 5.96. The standard InChI is InChI=1S/C23H28BrN3/c1-26-21(16-18-6-3-5-9-23(18)26)10-13-25-20-11-14-27(15-12-20)17-19-7-2-4-8-22(19)24/h2-9,16,20,25H,10-15,17H2,1H3. The van der Waals surface area contributed by atoms with Crippen molar-refractivity contribution in [2.45, 2.75) is 31.8 Å². The number of para-hydroxylation sites is 1. The number of rotatable bonds is 6. The number of nitrogens with one attached hydrogen (secondary N) is 1. The number of fused-ring (bicyclic) bond motifs is 1. The molecule has 0 unspecified atom stereocenters. The van der Waals surface area contributed by atoms with Gasteiger partial charge >= 0.3 is 0 Å². The zero-order valence-corrected chi connectivity index (χ0v) is 17.6. The van der Waals surface area contributed by atoms with Crippen LogP contribution in [0.2, 0.25) is 0 Å². The van der Waals surface area contributed by atoms with Crippen molar-refractivity contribution in [3.8, 4) is 0 Å². The molecule has 1 saturated heterocycles. The van der Waals surface area contributed by atoms with E-state index in [2.05, 4.69) is 92.4 Å². The van der Waals surface area contributed by atoms with E-state index in [4.69, 9.17) is 0 Å². The third-order valence-corrected chi connectivity index (χ3v) is 6.58. The summed E-state index contributed by atoms with van der Waals surface area (Å²) >= 11 is 3.67. The summed E-state index contributed by atoms with van der Waals surface area (Å²) in [7, 11) is 2.18. The Morgan fingerprint density at radius 3 is 2.56 bits per heavy atom. The van der Waals surface area contributed by atoms with Crippen LogP contribution in [0, 0.1) is 0 Å². The second kappa shape index (κ2) is 8.59. The summed E-state index contributed by atoms with van der Waals surface area (Å²) < 4.78 is 3.55. The predicted octanol–water partition coefficient (Wildman–Crippen LogP) is 4.74. The van der Waals surface area contributed by atoms with Crippen molar-refractivity contribution in [1.82, 2.24) is 14.8 Å². The number of nitrogens with zero attached hydrogens (tertiary/aromatic N) is 2. The number of hydrogen-bond donors (Lipinski definition) is 1. The third kappa shape index (κ3) is 4.45. The van der Waals surface area contributed by atoms with Gasteiger partial charge in [0.25, 0.3) is 0 Å². The van der Waals surface area contributed by atoms with E-state index in [-0.39, 0.29) is 0 Å². The van der Waals surface area contributed by atoms with E-state index >= 15 is 0 Å². The van der Waals surface area contributed by atoms with E-state index in [1.807, 2.05) is 0 Å². The minimum absolute atomic E-state index is 0.648. The molecule has 4 heteroatoms. The average molecular weight is 426 g/mol. The summed E-state index contributed by atoms with van der Waals surface area (Å²) in [6, 6.07) is 20.2. The molecule has 1 aromatic heterocycles. The van der Waals surface area contributed by atoms with E-state index in [9.17, 15) is 0 Å². The molecule has 0 radical (unpaired) electrons. The molecule has 2 aromatic carbocycles. The molecule has 0 atom stereocenters.